The van der Waals surface area contributed by atoms with Gasteiger partial charge in [-0.3, -0.25) is 5.32 Å². The van der Waals surface area contributed by atoms with Gasteiger partial charge in [-0.1, -0.05) is 13.0 Å². The molecule has 36 heavy (non-hydrogen) atoms. The summed E-state index contributed by atoms with van der Waals surface area (Å²) in [4.78, 5) is 29.7. The number of amides is 2. The summed E-state index contributed by atoms with van der Waals surface area (Å²) in [5.41, 5.74) is 1.79. The van der Waals surface area contributed by atoms with Crippen molar-refractivity contribution < 1.29 is 27.5 Å². The van der Waals surface area contributed by atoms with Crippen molar-refractivity contribution in [1.29, 1.82) is 0 Å². The number of hydrogen-bond acceptors (Lipinski definition) is 8. The normalized spacial score (nSPS) is 17.9. The van der Waals surface area contributed by atoms with Crippen molar-refractivity contribution in [2.75, 3.05) is 5.32 Å². The van der Waals surface area contributed by atoms with Crippen LogP contribution in [0.15, 0.2) is 23.1 Å². The molecule has 1 aromatic heterocycles. The monoisotopic (exact) mass is 537 g/mol. The molecule has 0 atom stereocenters. The first-order valence-electron chi connectivity index (χ1n) is 12.3. The summed E-state index contributed by atoms with van der Waals surface area (Å²) in [5.74, 6) is 0.254. The van der Waals surface area contributed by atoms with E-state index < -0.39 is 16.8 Å². The fourth-order valence-corrected chi connectivity index (χ4v) is 6.27. The largest absolute Gasteiger partial charge is 0.447 e. The third-order valence-corrected chi connectivity index (χ3v) is 7.87. The van der Waals surface area contributed by atoms with Gasteiger partial charge in [0.15, 0.2) is 10.7 Å². The van der Waals surface area contributed by atoms with Crippen LogP contribution in [0, 0.1) is 0 Å². The number of aryl methyl sites for hydroxylation is 1. The highest BCUT2D eigenvalue weighted by atomic mass is 32.2. The first-order valence-corrected chi connectivity index (χ1v) is 14.3. The molecule has 1 fully saturated rings. The Balaban J connectivity index is 1.78. The van der Waals surface area contributed by atoms with Crippen molar-refractivity contribution in [3.05, 3.63) is 28.9 Å². The van der Waals surface area contributed by atoms with E-state index in [-0.39, 0.29) is 35.2 Å². The van der Waals surface area contributed by atoms with Crippen molar-refractivity contribution in [1.82, 2.24) is 10.3 Å². The second-order valence-corrected chi connectivity index (χ2v) is 11.4. The summed E-state index contributed by atoms with van der Waals surface area (Å²) in [6.07, 6.45) is 2.63. The number of thiazole rings is 1. The van der Waals surface area contributed by atoms with Gasteiger partial charge in [-0.2, -0.15) is 0 Å². The molecule has 1 aliphatic rings. The van der Waals surface area contributed by atoms with Crippen LogP contribution >= 0.6 is 11.3 Å². The Bertz CT molecular complexity index is 1140. The number of aromatic nitrogens is 1. The van der Waals surface area contributed by atoms with Crippen molar-refractivity contribution in [2.24, 2.45) is 0 Å². The summed E-state index contributed by atoms with van der Waals surface area (Å²) in [5, 5.41) is 6.51. The molecule has 11 heteroatoms. The molecule has 9 nitrogen and oxygen atoms in total. The fraction of sp³-hybridized carbons (Fsp3) is 0.560. The third-order valence-electron chi connectivity index (χ3n) is 5.82. The molecule has 0 radical (unpaired) electrons. The molecule has 0 bridgehead atoms. The number of anilines is 1. The number of nitrogens with one attached hydrogen (secondary N) is 2. The van der Waals surface area contributed by atoms with Crippen LogP contribution in [-0.4, -0.2) is 43.8 Å². The van der Waals surface area contributed by atoms with E-state index in [1.54, 1.807) is 26.0 Å². The van der Waals surface area contributed by atoms with Gasteiger partial charge in [-0.15, -0.1) is 11.3 Å². The molecule has 0 aliphatic heterocycles. The maximum absolute atomic E-state index is 12.1. The number of nitrogens with zero attached hydrogens (tertiary/aromatic N) is 1. The van der Waals surface area contributed by atoms with Gasteiger partial charge in [0, 0.05) is 23.2 Å². The fourth-order valence-electron chi connectivity index (χ4n) is 4.21. The number of hydrogen-bond donors (Lipinski definition) is 3. The Morgan fingerprint density at radius 1 is 1.06 bits per heavy atom. The molecule has 1 saturated carbocycles. The van der Waals surface area contributed by atoms with Gasteiger partial charge in [-0.25, -0.2) is 23.0 Å². The number of ether oxygens (including phenoxy) is 2. The first kappa shape index (κ1) is 27.9. The van der Waals surface area contributed by atoms with Crippen molar-refractivity contribution in [2.45, 2.75) is 95.8 Å². The average molecular weight is 538 g/mol. The summed E-state index contributed by atoms with van der Waals surface area (Å²) >= 11 is 1.52. The van der Waals surface area contributed by atoms with Crippen molar-refractivity contribution in [3.63, 3.8) is 0 Å². The zero-order valence-corrected chi connectivity index (χ0v) is 23.0. The molecule has 3 rings (SSSR count). The van der Waals surface area contributed by atoms with Gasteiger partial charge >= 0.3 is 12.2 Å². The predicted molar refractivity (Wildman–Crippen MR) is 140 cm³/mol. The van der Waals surface area contributed by atoms with Crippen LogP contribution in [0.5, 0.6) is 0 Å². The minimum atomic E-state index is -2.91. The highest BCUT2D eigenvalue weighted by molar-refractivity contribution is 7.72. The summed E-state index contributed by atoms with van der Waals surface area (Å²) in [6, 6.07) is 4.92. The molecule has 198 valence electrons. The first-order chi connectivity index (χ1) is 17.1. The Morgan fingerprint density at radius 2 is 1.69 bits per heavy atom. The summed E-state index contributed by atoms with van der Waals surface area (Å²) < 4.78 is 34.6. The van der Waals surface area contributed by atoms with E-state index in [9.17, 15) is 18.0 Å². The van der Waals surface area contributed by atoms with Crippen LogP contribution in [0.2, 0.25) is 0 Å². The van der Waals surface area contributed by atoms with Gasteiger partial charge in [-0.05, 0) is 71.9 Å². The van der Waals surface area contributed by atoms with Crippen LogP contribution in [-0.2, 0) is 26.6 Å². The second kappa shape index (κ2) is 12.5. The number of alkyl carbamates (subject to hydrolysis) is 1. The van der Waals surface area contributed by atoms with Crippen LogP contribution in [0.25, 0.3) is 10.4 Å². The number of thiol groups is 1. The van der Waals surface area contributed by atoms with Gasteiger partial charge in [0.25, 0.3) is 0 Å². The Hall–Kier alpha value is -2.66. The molecule has 0 spiro atoms. The second-order valence-electron chi connectivity index (χ2n) is 9.40. The third kappa shape index (κ3) is 7.42. The van der Waals surface area contributed by atoms with Crippen molar-refractivity contribution in [3.8, 4) is 10.4 Å². The van der Waals surface area contributed by atoms with Crippen molar-refractivity contribution >= 4 is 39.9 Å². The van der Waals surface area contributed by atoms with E-state index in [2.05, 4.69) is 10.6 Å². The molecule has 1 heterocycles. The molecule has 2 amide bonds. The standard InChI is InChI=1S/C25H35N3O6S2/c1-6-20-22(19-12-11-18(13-21(19)36(31)32)27-25(30)34-15(4)5)35-23(28-20)16-7-9-17(10-8-16)26-24(29)33-14(2)3/h11-17,36H,6-10H2,1-5H3,(H,26,29)(H,27,30)/t16-,17-. The molecule has 2 aromatic rings. The lowest BCUT2D eigenvalue weighted by Crippen LogP contribution is -2.38. The van der Waals surface area contributed by atoms with E-state index in [4.69, 9.17) is 14.5 Å². The summed E-state index contributed by atoms with van der Waals surface area (Å²) in [6.45, 7) is 9.11. The maximum atomic E-state index is 12.1. The Labute approximate surface area is 217 Å². The molecule has 1 aliphatic carbocycles. The Morgan fingerprint density at radius 3 is 2.28 bits per heavy atom. The SMILES string of the molecule is CCc1nc([C@H]2CC[C@H](NC(=O)OC(C)C)CC2)sc1-c1ccc(NC(=O)OC(C)C)cc1[SH](=O)=O. The number of carbonyl (C=O) groups excluding carboxylic acids is 2. The lowest BCUT2D eigenvalue weighted by Gasteiger charge is -2.28. The minimum Gasteiger partial charge on any atom is -0.447 e. The van der Waals surface area contributed by atoms with Gasteiger partial charge in [0.05, 0.1) is 32.7 Å². The van der Waals surface area contributed by atoms with Crippen LogP contribution in [0.4, 0.5) is 15.3 Å². The van der Waals surface area contributed by atoms with Crippen LogP contribution in [0.3, 0.4) is 0 Å². The lowest BCUT2D eigenvalue weighted by atomic mass is 9.86. The highest BCUT2D eigenvalue weighted by Gasteiger charge is 2.28. The van der Waals surface area contributed by atoms with Crippen LogP contribution < -0.4 is 10.6 Å². The van der Waals surface area contributed by atoms with Gasteiger partial charge in [0.1, 0.15) is 0 Å². The van der Waals surface area contributed by atoms with E-state index in [1.165, 1.54) is 17.4 Å². The molecular weight excluding hydrogens is 502 g/mol. The van der Waals surface area contributed by atoms with Crippen LogP contribution in [0.1, 0.15) is 76.9 Å². The number of benzene rings is 1. The smallest absolute Gasteiger partial charge is 0.411 e. The molecule has 0 unspecified atom stereocenters. The maximum Gasteiger partial charge on any atom is 0.411 e. The number of rotatable bonds is 8. The zero-order valence-electron chi connectivity index (χ0n) is 21.3. The zero-order chi connectivity index (χ0) is 26.4. The minimum absolute atomic E-state index is 0.0797. The quantitative estimate of drug-likeness (QED) is 0.382. The van der Waals surface area contributed by atoms with E-state index in [1.807, 2.05) is 20.8 Å². The Kier molecular flexibility index (Phi) is 9.72. The predicted octanol–water partition coefficient (Wildman–Crippen LogP) is 5.46. The summed E-state index contributed by atoms with van der Waals surface area (Å²) in [7, 11) is -2.91. The molecule has 1 aromatic carbocycles. The molecule has 0 saturated heterocycles. The highest BCUT2D eigenvalue weighted by Crippen LogP contribution is 2.41. The topological polar surface area (TPSA) is 124 Å². The average Bonchev–Trinajstić information content (AvgIpc) is 3.22. The van der Waals surface area contributed by atoms with E-state index in [0.29, 0.717) is 17.7 Å². The lowest BCUT2D eigenvalue weighted by molar-refractivity contribution is 0.109. The van der Waals surface area contributed by atoms with E-state index in [0.717, 1.165) is 41.3 Å². The van der Waals surface area contributed by atoms with Gasteiger partial charge in [0.2, 0.25) is 0 Å². The van der Waals surface area contributed by atoms with E-state index >= 15 is 0 Å². The number of carbonyl (C=O) groups is 2. The van der Waals surface area contributed by atoms with Gasteiger partial charge < -0.3 is 14.8 Å². The molecule has 2 N–H and O–H groups in total. The molecular formula is C25H35N3O6S2.